The molecule has 0 saturated carbocycles. The molecule has 1 heterocycles. The van der Waals surface area contributed by atoms with E-state index >= 15 is 0 Å². The number of nitrogens with one attached hydrogen (secondary N) is 1. The van der Waals surface area contributed by atoms with Crippen molar-refractivity contribution in [2.45, 2.75) is 39.7 Å². The maximum atomic E-state index is 11.9. The monoisotopic (exact) mass is 254 g/mol. The van der Waals surface area contributed by atoms with Crippen LogP contribution in [-0.2, 0) is 0 Å². The topological polar surface area (TPSA) is 42.0 Å². The zero-order valence-electron chi connectivity index (χ0n) is 10.5. The van der Waals surface area contributed by atoms with Gasteiger partial charge in [0.1, 0.15) is 0 Å². The van der Waals surface area contributed by atoms with Crippen LogP contribution < -0.4 is 5.32 Å². The van der Waals surface area contributed by atoms with E-state index in [4.69, 9.17) is 11.6 Å². The van der Waals surface area contributed by atoms with E-state index in [1.807, 2.05) is 6.92 Å². The van der Waals surface area contributed by atoms with Gasteiger partial charge in [-0.2, -0.15) is 0 Å². The Morgan fingerprint density at radius 1 is 1.53 bits per heavy atom. The van der Waals surface area contributed by atoms with Gasteiger partial charge in [0, 0.05) is 18.4 Å². The SMILES string of the molecule is CCC(C)CC(C)NC(=O)c1cnccc1Cl. The molecular formula is C13H19ClN2O. The summed E-state index contributed by atoms with van der Waals surface area (Å²) in [4.78, 5) is 15.8. The fourth-order valence-electron chi connectivity index (χ4n) is 1.68. The van der Waals surface area contributed by atoms with Gasteiger partial charge < -0.3 is 5.32 Å². The van der Waals surface area contributed by atoms with Crippen molar-refractivity contribution >= 4 is 17.5 Å². The van der Waals surface area contributed by atoms with Gasteiger partial charge in [-0.1, -0.05) is 31.9 Å². The number of hydrogen-bond acceptors (Lipinski definition) is 2. The molecule has 1 aromatic rings. The normalized spacial score (nSPS) is 14.1. The number of aromatic nitrogens is 1. The highest BCUT2D eigenvalue weighted by atomic mass is 35.5. The molecule has 0 spiro atoms. The van der Waals surface area contributed by atoms with E-state index in [1.165, 1.54) is 6.20 Å². The average Bonchev–Trinajstić information content (AvgIpc) is 2.29. The molecule has 0 aliphatic rings. The van der Waals surface area contributed by atoms with Crippen LogP contribution in [0.15, 0.2) is 18.5 Å². The maximum Gasteiger partial charge on any atom is 0.254 e. The summed E-state index contributed by atoms with van der Waals surface area (Å²) in [6.45, 7) is 6.34. The summed E-state index contributed by atoms with van der Waals surface area (Å²) < 4.78 is 0. The third-order valence-corrected chi connectivity index (χ3v) is 3.17. The Kier molecular flexibility index (Phi) is 5.42. The Morgan fingerprint density at radius 3 is 2.82 bits per heavy atom. The van der Waals surface area contributed by atoms with Gasteiger partial charge in [0.15, 0.2) is 0 Å². The van der Waals surface area contributed by atoms with E-state index in [1.54, 1.807) is 12.3 Å². The number of carbonyl (C=O) groups is 1. The van der Waals surface area contributed by atoms with Gasteiger partial charge >= 0.3 is 0 Å². The molecule has 1 aromatic heterocycles. The number of pyridine rings is 1. The van der Waals surface area contributed by atoms with Crippen molar-refractivity contribution in [3.05, 3.63) is 29.0 Å². The third-order valence-electron chi connectivity index (χ3n) is 2.84. The van der Waals surface area contributed by atoms with Crippen LogP contribution in [0.3, 0.4) is 0 Å². The zero-order valence-corrected chi connectivity index (χ0v) is 11.3. The van der Waals surface area contributed by atoms with Crippen LogP contribution in [0.1, 0.15) is 44.0 Å². The number of amides is 1. The van der Waals surface area contributed by atoms with Crippen LogP contribution in [0.5, 0.6) is 0 Å². The van der Waals surface area contributed by atoms with E-state index in [-0.39, 0.29) is 11.9 Å². The van der Waals surface area contributed by atoms with Crippen molar-refractivity contribution in [3.8, 4) is 0 Å². The highest BCUT2D eigenvalue weighted by Crippen LogP contribution is 2.14. The molecule has 0 radical (unpaired) electrons. The molecule has 17 heavy (non-hydrogen) atoms. The van der Waals surface area contributed by atoms with Crippen molar-refractivity contribution in [2.24, 2.45) is 5.92 Å². The zero-order chi connectivity index (χ0) is 12.8. The summed E-state index contributed by atoms with van der Waals surface area (Å²) in [6.07, 6.45) is 5.16. The minimum Gasteiger partial charge on any atom is -0.349 e. The van der Waals surface area contributed by atoms with Gasteiger partial charge in [-0.05, 0) is 25.3 Å². The summed E-state index contributed by atoms with van der Waals surface area (Å²) in [6, 6.07) is 1.77. The minimum atomic E-state index is -0.154. The van der Waals surface area contributed by atoms with Crippen LogP contribution >= 0.6 is 11.6 Å². The van der Waals surface area contributed by atoms with Crippen molar-refractivity contribution in [1.29, 1.82) is 0 Å². The van der Waals surface area contributed by atoms with E-state index in [9.17, 15) is 4.79 Å². The molecule has 3 nitrogen and oxygen atoms in total. The predicted octanol–water partition coefficient (Wildman–Crippen LogP) is 3.29. The van der Waals surface area contributed by atoms with E-state index < -0.39 is 0 Å². The highest BCUT2D eigenvalue weighted by Gasteiger charge is 2.14. The molecule has 1 amide bonds. The van der Waals surface area contributed by atoms with Gasteiger partial charge in [0.2, 0.25) is 0 Å². The largest absolute Gasteiger partial charge is 0.349 e. The van der Waals surface area contributed by atoms with Gasteiger partial charge in [-0.3, -0.25) is 9.78 Å². The second-order valence-electron chi connectivity index (χ2n) is 4.48. The summed E-state index contributed by atoms with van der Waals surface area (Å²) in [5, 5.41) is 3.38. The molecule has 0 saturated heterocycles. The molecular weight excluding hydrogens is 236 g/mol. The van der Waals surface area contributed by atoms with Crippen LogP contribution in [0.25, 0.3) is 0 Å². The van der Waals surface area contributed by atoms with Crippen LogP contribution in [0, 0.1) is 5.92 Å². The standard InChI is InChI=1S/C13H19ClN2O/c1-4-9(2)7-10(3)16-13(17)11-8-15-6-5-12(11)14/h5-6,8-10H,4,7H2,1-3H3,(H,16,17). The molecule has 0 bridgehead atoms. The molecule has 2 unspecified atom stereocenters. The molecule has 0 fully saturated rings. The summed E-state index contributed by atoms with van der Waals surface area (Å²) in [5.41, 5.74) is 0.435. The Balaban J connectivity index is 2.58. The number of rotatable bonds is 5. The lowest BCUT2D eigenvalue weighted by Gasteiger charge is -2.17. The molecule has 2 atom stereocenters. The molecule has 1 N–H and O–H groups in total. The van der Waals surface area contributed by atoms with Crippen LogP contribution in [0.2, 0.25) is 5.02 Å². The Bertz CT molecular complexity index is 381. The second kappa shape index (κ2) is 6.60. The fourth-order valence-corrected chi connectivity index (χ4v) is 1.87. The van der Waals surface area contributed by atoms with Crippen molar-refractivity contribution in [1.82, 2.24) is 10.3 Å². The first kappa shape index (κ1) is 14.0. The highest BCUT2D eigenvalue weighted by molar-refractivity contribution is 6.33. The van der Waals surface area contributed by atoms with Crippen molar-refractivity contribution in [2.75, 3.05) is 0 Å². The average molecular weight is 255 g/mol. The van der Waals surface area contributed by atoms with Crippen LogP contribution in [0.4, 0.5) is 0 Å². The van der Waals surface area contributed by atoms with Crippen molar-refractivity contribution < 1.29 is 4.79 Å². The lowest BCUT2D eigenvalue weighted by Crippen LogP contribution is -2.33. The first-order chi connectivity index (χ1) is 8.04. The third kappa shape index (κ3) is 4.35. The second-order valence-corrected chi connectivity index (χ2v) is 4.89. The van der Waals surface area contributed by atoms with Crippen LogP contribution in [-0.4, -0.2) is 16.9 Å². The van der Waals surface area contributed by atoms with Gasteiger partial charge in [-0.25, -0.2) is 0 Å². The molecule has 0 aliphatic carbocycles. The molecule has 0 aromatic carbocycles. The predicted molar refractivity (Wildman–Crippen MR) is 70.2 cm³/mol. The summed E-state index contributed by atoms with van der Waals surface area (Å²) >= 11 is 5.93. The first-order valence-corrected chi connectivity index (χ1v) is 6.32. The Labute approximate surface area is 108 Å². The number of halogens is 1. The van der Waals surface area contributed by atoms with E-state index in [2.05, 4.69) is 24.1 Å². The number of nitrogens with zero attached hydrogens (tertiary/aromatic N) is 1. The Hall–Kier alpha value is -1.09. The number of carbonyl (C=O) groups excluding carboxylic acids is 1. The number of hydrogen-bond donors (Lipinski definition) is 1. The molecule has 4 heteroatoms. The molecule has 1 rings (SSSR count). The fraction of sp³-hybridized carbons (Fsp3) is 0.538. The maximum absolute atomic E-state index is 11.9. The Morgan fingerprint density at radius 2 is 2.24 bits per heavy atom. The lowest BCUT2D eigenvalue weighted by atomic mass is 10.0. The van der Waals surface area contributed by atoms with Gasteiger partial charge in [0.05, 0.1) is 10.6 Å². The van der Waals surface area contributed by atoms with E-state index in [0.29, 0.717) is 16.5 Å². The lowest BCUT2D eigenvalue weighted by molar-refractivity contribution is 0.0935. The van der Waals surface area contributed by atoms with Gasteiger partial charge in [-0.15, -0.1) is 0 Å². The van der Waals surface area contributed by atoms with E-state index in [0.717, 1.165) is 12.8 Å². The molecule has 94 valence electrons. The molecule has 0 aliphatic heterocycles. The minimum absolute atomic E-state index is 0.147. The summed E-state index contributed by atoms with van der Waals surface area (Å²) in [5.74, 6) is 0.452. The first-order valence-electron chi connectivity index (χ1n) is 5.95. The van der Waals surface area contributed by atoms with Gasteiger partial charge in [0.25, 0.3) is 5.91 Å². The smallest absolute Gasteiger partial charge is 0.254 e. The summed E-state index contributed by atoms with van der Waals surface area (Å²) in [7, 11) is 0. The quantitative estimate of drug-likeness (QED) is 0.876. The van der Waals surface area contributed by atoms with Crippen molar-refractivity contribution in [3.63, 3.8) is 0 Å².